The molecule has 1 rings (SSSR count). The molecule has 1 aromatic carbocycles. The average molecular weight is 266 g/mol. The third kappa shape index (κ3) is 3.40. The lowest BCUT2D eigenvalue weighted by atomic mass is 9.84. The molecule has 1 aromatic rings. The topological polar surface area (TPSA) is 44.8 Å². The Kier molecular flexibility index (Phi) is 4.81. The molecule has 0 spiro atoms. The van der Waals surface area contributed by atoms with Crippen molar-refractivity contribution in [2.24, 2.45) is 5.41 Å². The second kappa shape index (κ2) is 5.95. The Labute approximate surface area is 114 Å². The summed E-state index contributed by atoms with van der Waals surface area (Å²) in [5.41, 5.74) is 1.44. The van der Waals surface area contributed by atoms with Crippen LogP contribution in [0.1, 0.15) is 25.0 Å². The van der Waals surface area contributed by atoms with Crippen molar-refractivity contribution in [2.75, 3.05) is 21.3 Å². The summed E-state index contributed by atoms with van der Waals surface area (Å²) < 4.78 is 15.5. The Balaban J connectivity index is 3.17. The van der Waals surface area contributed by atoms with Gasteiger partial charge >= 0.3 is 5.97 Å². The van der Waals surface area contributed by atoms with Crippen molar-refractivity contribution in [2.45, 2.75) is 27.2 Å². The van der Waals surface area contributed by atoms with Gasteiger partial charge < -0.3 is 14.2 Å². The number of benzene rings is 1. The van der Waals surface area contributed by atoms with Gasteiger partial charge in [-0.25, -0.2) is 0 Å². The van der Waals surface area contributed by atoms with Crippen LogP contribution in [-0.4, -0.2) is 27.3 Å². The number of carbonyl (C=O) groups excluding carboxylic acids is 1. The molecule has 0 atom stereocenters. The zero-order valence-electron chi connectivity index (χ0n) is 12.5. The molecule has 0 radical (unpaired) electrons. The Morgan fingerprint density at radius 1 is 1.16 bits per heavy atom. The predicted molar refractivity (Wildman–Crippen MR) is 73.8 cm³/mol. The molecule has 0 aliphatic carbocycles. The van der Waals surface area contributed by atoms with Crippen molar-refractivity contribution in [1.82, 2.24) is 0 Å². The van der Waals surface area contributed by atoms with Crippen LogP contribution in [0.3, 0.4) is 0 Å². The van der Waals surface area contributed by atoms with Crippen LogP contribution in [0.5, 0.6) is 11.5 Å². The first kappa shape index (κ1) is 15.3. The lowest BCUT2D eigenvalue weighted by Crippen LogP contribution is -2.28. The van der Waals surface area contributed by atoms with Gasteiger partial charge in [-0.1, -0.05) is 0 Å². The molecule has 4 nitrogen and oxygen atoms in total. The van der Waals surface area contributed by atoms with Crippen LogP contribution in [0.15, 0.2) is 12.1 Å². The summed E-state index contributed by atoms with van der Waals surface area (Å²) in [6, 6.07) is 3.76. The standard InChI is InChI=1S/C15H22O4/c1-10-7-11(17-4)8-13(18-5)12(10)9-15(2,3)14(16)19-6/h7-8H,9H2,1-6H3. The molecule has 0 aliphatic rings. The Morgan fingerprint density at radius 3 is 2.26 bits per heavy atom. The van der Waals surface area contributed by atoms with Gasteiger partial charge in [0, 0.05) is 6.07 Å². The minimum Gasteiger partial charge on any atom is -0.497 e. The summed E-state index contributed by atoms with van der Waals surface area (Å²) in [6.07, 6.45) is 0.554. The zero-order valence-corrected chi connectivity index (χ0v) is 12.5. The van der Waals surface area contributed by atoms with E-state index in [9.17, 15) is 4.79 Å². The summed E-state index contributed by atoms with van der Waals surface area (Å²) in [4.78, 5) is 11.8. The summed E-state index contributed by atoms with van der Waals surface area (Å²) in [6.45, 7) is 5.71. The predicted octanol–water partition coefficient (Wildman–Crippen LogP) is 2.75. The number of aryl methyl sites for hydroxylation is 1. The third-order valence-corrected chi connectivity index (χ3v) is 3.22. The molecule has 0 N–H and O–H groups in total. The molecule has 4 heteroatoms. The Bertz CT molecular complexity index is 463. The molecule has 0 amide bonds. The molecule has 0 aromatic heterocycles. The van der Waals surface area contributed by atoms with E-state index in [0.29, 0.717) is 6.42 Å². The van der Waals surface area contributed by atoms with Gasteiger partial charge in [-0.2, -0.15) is 0 Å². The van der Waals surface area contributed by atoms with Crippen LogP contribution < -0.4 is 9.47 Å². The number of carbonyl (C=O) groups is 1. The summed E-state index contributed by atoms with van der Waals surface area (Å²) in [7, 11) is 4.64. The molecule has 106 valence electrons. The number of rotatable bonds is 5. The molecule has 0 saturated carbocycles. The van der Waals surface area contributed by atoms with Crippen LogP contribution in [0.4, 0.5) is 0 Å². The first-order valence-electron chi connectivity index (χ1n) is 6.15. The first-order valence-corrected chi connectivity index (χ1v) is 6.15. The molecular weight excluding hydrogens is 244 g/mol. The van der Waals surface area contributed by atoms with Crippen molar-refractivity contribution in [3.8, 4) is 11.5 Å². The maximum Gasteiger partial charge on any atom is 0.311 e. The Hall–Kier alpha value is -1.71. The first-order chi connectivity index (χ1) is 8.85. The summed E-state index contributed by atoms with van der Waals surface area (Å²) in [5, 5.41) is 0. The minimum absolute atomic E-state index is 0.232. The number of hydrogen-bond donors (Lipinski definition) is 0. The highest BCUT2D eigenvalue weighted by Crippen LogP contribution is 2.34. The quantitative estimate of drug-likeness (QED) is 0.769. The number of hydrogen-bond acceptors (Lipinski definition) is 4. The zero-order chi connectivity index (χ0) is 14.6. The fraction of sp³-hybridized carbons (Fsp3) is 0.533. The lowest BCUT2D eigenvalue weighted by Gasteiger charge is -2.24. The smallest absolute Gasteiger partial charge is 0.311 e. The van der Waals surface area contributed by atoms with Crippen LogP contribution in [0.25, 0.3) is 0 Å². The van der Waals surface area contributed by atoms with Gasteiger partial charge in [-0.05, 0) is 44.4 Å². The normalized spacial score (nSPS) is 11.1. The van der Waals surface area contributed by atoms with E-state index >= 15 is 0 Å². The van der Waals surface area contributed by atoms with Gasteiger partial charge in [0.15, 0.2) is 0 Å². The van der Waals surface area contributed by atoms with Crippen LogP contribution in [0, 0.1) is 12.3 Å². The van der Waals surface area contributed by atoms with Crippen LogP contribution in [-0.2, 0) is 16.0 Å². The van der Waals surface area contributed by atoms with Gasteiger partial charge in [0.05, 0.1) is 26.7 Å². The highest BCUT2D eigenvalue weighted by Gasteiger charge is 2.31. The third-order valence-electron chi connectivity index (χ3n) is 3.22. The van der Waals surface area contributed by atoms with Gasteiger partial charge in [-0.3, -0.25) is 4.79 Å². The van der Waals surface area contributed by atoms with Gasteiger partial charge in [0.1, 0.15) is 11.5 Å². The summed E-state index contributed by atoms with van der Waals surface area (Å²) in [5.74, 6) is 1.24. The highest BCUT2D eigenvalue weighted by atomic mass is 16.5. The summed E-state index contributed by atoms with van der Waals surface area (Å²) >= 11 is 0. The SMILES string of the molecule is COC(=O)C(C)(C)Cc1c(C)cc(OC)cc1OC. The molecule has 19 heavy (non-hydrogen) atoms. The fourth-order valence-electron chi connectivity index (χ4n) is 2.07. The second-order valence-electron chi connectivity index (χ2n) is 5.18. The van der Waals surface area contributed by atoms with Crippen LogP contribution >= 0.6 is 0 Å². The van der Waals surface area contributed by atoms with Crippen LogP contribution in [0.2, 0.25) is 0 Å². The highest BCUT2D eigenvalue weighted by molar-refractivity contribution is 5.76. The molecule has 0 heterocycles. The van der Waals surface area contributed by atoms with E-state index in [1.807, 2.05) is 32.9 Å². The van der Waals surface area contributed by atoms with Gasteiger partial charge in [0.25, 0.3) is 0 Å². The van der Waals surface area contributed by atoms with Crippen molar-refractivity contribution >= 4 is 5.97 Å². The molecule has 0 aliphatic heterocycles. The largest absolute Gasteiger partial charge is 0.497 e. The van der Waals surface area contributed by atoms with Crippen molar-refractivity contribution in [3.63, 3.8) is 0 Å². The molecule has 0 saturated heterocycles. The van der Waals surface area contributed by atoms with Crippen molar-refractivity contribution in [3.05, 3.63) is 23.3 Å². The maximum atomic E-state index is 11.8. The second-order valence-corrected chi connectivity index (χ2v) is 5.18. The molecular formula is C15H22O4. The molecule has 0 bridgehead atoms. The molecule has 0 unspecified atom stereocenters. The van der Waals surface area contributed by atoms with Gasteiger partial charge in [0.2, 0.25) is 0 Å². The van der Waals surface area contributed by atoms with E-state index in [0.717, 1.165) is 22.6 Å². The van der Waals surface area contributed by atoms with Crippen molar-refractivity contribution < 1.29 is 19.0 Å². The van der Waals surface area contributed by atoms with E-state index in [1.54, 1.807) is 14.2 Å². The monoisotopic (exact) mass is 266 g/mol. The van der Waals surface area contributed by atoms with E-state index in [2.05, 4.69) is 0 Å². The van der Waals surface area contributed by atoms with E-state index in [4.69, 9.17) is 14.2 Å². The Morgan fingerprint density at radius 2 is 1.79 bits per heavy atom. The molecule has 0 fully saturated rings. The number of esters is 1. The van der Waals surface area contributed by atoms with Gasteiger partial charge in [-0.15, -0.1) is 0 Å². The number of ether oxygens (including phenoxy) is 3. The number of methoxy groups -OCH3 is 3. The van der Waals surface area contributed by atoms with E-state index < -0.39 is 5.41 Å². The lowest BCUT2D eigenvalue weighted by molar-refractivity contribution is -0.150. The fourth-order valence-corrected chi connectivity index (χ4v) is 2.07. The maximum absolute atomic E-state index is 11.8. The minimum atomic E-state index is -0.596. The average Bonchev–Trinajstić information content (AvgIpc) is 2.39. The van der Waals surface area contributed by atoms with E-state index in [-0.39, 0.29) is 5.97 Å². The van der Waals surface area contributed by atoms with E-state index in [1.165, 1.54) is 7.11 Å². The van der Waals surface area contributed by atoms with Crippen molar-refractivity contribution in [1.29, 1.82) is 0 Å².